The van der Waals surface area contributed by atoms with E-state index in [1.165, 1.54) is 69.2 Å². The Morgan fingerprint density at radius 3 is 1.72 bits per heavy atom. The number of nitrogens with zero attached hydrogens (tertiary/aromatic N) is 2. The highest BCUT2D eigenvalue weighted by atomic mass is 19.1. The molecule has 3 nitrogen and oxygen atoms in total. The highest BCUT2D eigenvalue weighted by molar-refractivity contribution is 5.77. The SMILES string of the molecule is C=C(/N=C\C(F)=C(C)C)Nc1ccc(C)cc1.CC.CC.CCCC(CCC)CN1CC(C)(C)C1.Cc1ccc(F)cc1. The molecule has 43 heavy (non-hydrogen) atoms. The number of benzene rings is 2. The summed E-state index contributed by atoms with van der Waals surface area (Å²) >= 11 is 0. The van der Waals surface area contributed by atoms with E-state index < -0.39 is 0 Å². The lowest BCUT2D eigenvalue weighted by Gasteiger charge is -2.47. The van der Waals surface area contributed by atoms with Crippen molar-refractivity contribution in [2.45, 2.75) is 109 Å². The van der Waals surface area contributed by atoms with Gasteiger partial charge in [0, 0.05) is 25.3 Å². The smallest absolute Gasteiger partial charge is 0.140 e. The van der Waals surface area contributed by atoms with E-state index >= 15 is 0 Å². The van der Waals surface area contributed by atoms with Crippen molar-refractivity contribution in [2.75, 3.05) is 25.0 Å². The van der Waals surface area contributed by atoms with Crippen molar-refractivity contribution in [1.29, 1.82) is 0 Å². The lowest BCUT2D eigenvalue weighted by Crippen LogP contribution is -2.54. The van der Waals surface area contributed by atoms with Crippen LogP contribution in [-0.2, 0) is 0 Å². The molecular formula is C38H63F2N3. The summed E-state index contributed by atoms with van der Waals surface area (Å²) in [6.45, 7) is 32.4. The molecule has 1 aliphatic rings. The molecular weight excluding hydrogens is 536 g/mol. The van der Waals surface area contributed by atoms with Gasteiger partial charge in [-0.05, 0) is 81.7 Å². The van der Waals surface area contributed by atoms with Crippen LogP contribution in [0, 0.1) is 31.0 Å². The Bertz CT molecular complexity index is 999. The van der Waals surface area contributed by atoms with Crippen molar-refractivity contribution < 1.29 is 8.78 Å². The van der Waals surface area contributed by atoms with Crippen molar-refractivity contribution in [3.63, 3.8) is 0 Å². The van der Waals surface area contributed by atoms with Gasteiger partial charge in [-0.25, -0.2) is 13.8 Å². The molecule has 1 N–H and O–H groups in total. The minimum Gasteiger partial charge on any atom is -0.341 e. The maximum Gasteiger partial charge on any atom is 0.140 e. The first-order valence-electron chi connectivity index (χ1n) is 16.2. The van der Waals surface area contributed by atoms with Crippen LogP contribution in [0.5, 0.6) is 0 Å². The van der Waals surface area contributed by atoms with Crippen LogP contribution in [0.25, 0.3) is 0 Å². The maximum absolute atomic E-state index is 13.1. The molecule has 1 fully saturated rings. The van der Waals surface area contributed by atoms with Crippen LogP contribution in [0.4, 0.5) is 14.5 Å². The fourth-order valence-electron chi connectivity index (χ4n) is 4.43. The van der Waals surface area contributed by atoms with Gasteiger partial charge in [0.2, 0.25) is 0 Å². The fourth-order valence-corrected chi connectivity index (χ4v) is 4.43. The molecule has 3 rings (SSSR count). The molecule has 0 bridgehead atoms. The monoisotopic (exact) mass is 599 g/mol. The third kappa shape index (κ3) is 21.5. The first kappa shape index (κ1) is 42.3. The Labute approximate surface area is 264 Å². The number of likely N-dealkylation sites (tertiary alicyclic amines) is 1. The molecule has 2 aromatic rings. The summed E-state index contributed by atoms with van der Waals surface area (Å²) in [5, 5.41) is 2.98. The predicted octanol–water partition coefficient (Wildman–Crippen LogP) is 11.9. The van der Waals surface area contributed by atoms with Gasteiger partial charge >= 0.3 is 0 Å². The molecule has 1 aliphatic heterocycles. The minimum absolute atomic E-state index is 0.171. The van der Waals surface area contributed by atoms with Crippen LogP contribution in [0.15, 0.2) is 77.3 Å². The van der Waals surface area contributed by atoms with Crippen LogP contribution in [0.3, 0.4) is 0 Å². The number of aliphatic imine (C=N–C) groups is 1. The summed E-state index contributed by atoms with van der Waals surface area (Å²) in [4.78, 5) is 6.53. The number of aryl methyl sites for hydroxylation is 2. The van der Waals surface area contributed by atoms with Crippen molar-refractivity contribution in [3.8, 4) is 0 Å². The number of hydrogen-bond acceptors (Lipinski definition) is 3. The van der Waals surface area contributed by atoms with Crippen molar-refractivity contribution >= 4 is 11.9 Å². The van der Waals surface area contributed by atoms with Crippen molar-refractivity contribution in [2.24, 2.45) is 16.3 Å². The lowest BCUT2D eigenvalue weighted by atomic mass is 9.83. The second-order valence-electron chi connectivity index (χ2n) is 11.6. The van der Waals surface area contributed by atoms with Gasteiger partial charge in [-0.15, -0.1) is 0 Å². The molecule has 1 saturated heterocycles. The van der Waals surface area contributed by atoms with E-state index in [0.717, 1.165) is 17.2 Å². The summed E-state index contributed by atoms with van der Waals surface area (Å²) in [7, 11) is 0. The third-order valence-electron chi connectivity index (χ3n) is 6.38. The zero-order valence-corrected chi connectivity index (χ0v) is 29.6. The van der Waals surface area contributed by atoms with E-state index in [-0.39, 0.29) is 11.6 Å². The van der Waals surface area contributed by atoms with E-state index in [2.05, 4.69) is 49.5 Å². The molecule has 244 valence electrons. The normalized spacial score (nSPS) is 13.0. The molecule has 0 spiro atoms. The van der Waals surface area contributed by atoms with E-state index in [9.17, 15) is 8.78 Å². The number of rotatable bonds is 10. The maximum atomic E-state index is 13.1. The first-order chi connectivity index (χ1) is 20.3. The van der Waals surface area contributed by atoms with Gasteiger partial charge in [0.25, 0.3) is 0 Å². The summed E-state index contributed by atoms with van der Waals surface area (Å²) in [6.07, 6.45) is 6.71. The van der Waals surface area contributed by atoms with Crippen LogP contribution < -0.4 is 5.32 Å². The quantitative estimate of drug-likeness (QED) is 0.275. The topological polar surface area (TPSA) is 27.6 Å². The summed E-state index contributed by atoms with van der Waals surface area (Å²) in [5.41, 5.74) is 4.35. The Morgan fingerprint density at radius 1 is 0.907 bits per heavy atom. The Hall–Kier alpha value is -2.79. The molecule has 0 unspecified atom stereocenters. The largest absolute Gasteiger partial charge is 0.341 e. The van der Waals surface area contributed by atoms with Gasteiger partial charge in [0.05, 0.1) is 6.21 Å². The third-order valence-corrected chi connectivity index (χ3v) is 6.38. The zero-order chi connectivity index (χ0) is 33.4. The average Bonchev–Trinajstić information content (AvgIpc) is 2.96. The molecule has 0 atom stereocenters. The Balaban J connectivity index is 0. The Morgan fingerprint density at radius 2 is 1.35 bits per heavy atom. The summed E-state index contributed by atoms with van der Waals surface area (Å²) in [5.74, 6) is 0.860. The number of allylic oxidation sites excluding steroid dienone is 2. The van der Waals surface area contributed by atoms with Gasteiger partial charge in [-0.3, -0.25) is 0 Å². The van der Waals surface area contributed by atoms with Crippen molar-refractivity contribution in [3.05, 3.63) is 89.3 Å². The van der Waals surface area contributed by atoms with Gasteiger partial charge in [-0.2, -0.15) is 0 Å². The molecule has 0 saturated carbocycles. The van der Waals surface area contributed by atoms with Crippen molar-refractivity contribution in [1.82, 2.24) is 4.90 Å². The molecule has 5 heteroatoms. The highest BCUT2D eigenvalue weighted by Crippen LogP contribution is 2.30. The van der Waals surface area contributed by atoms with Gasteiger partial charge in [0.15, 0.2) is 0 Å². The fraction of sp³-hybridized carbons (Fsp3) is 0.553. The second kappa shape index (κ2) is 24.6. The second-order valence-corrected chi connectivity index (χ2v) is 11.6. The number of hydrogen-bond donors (Lipinski definition) is 1. The molecule has 0 aliphatic carbocycles. The average molecular weight is 600 g/mol. The summed E-state index contributed by atoms with van der Waals surface area (Å²) in [6, 6.07) is 14.2. The molecule has 0 radical (unpaired) electrons. The number of halogens is 2. The highest BCUT2D eigenvalue weighted by Gasteiger charge is 2.34. The van der Waals surface area contributed by atoms with E-state index in [1.807, 2.05) is 65.8 Å². The predicted molar refractivity (Wildman–Crippen MR) is 189 cm³/mol. The van der Waals surface area contributed by atoms with Gasteiger partial charge < -0.3 is 10.2 Å². The van der Waals surface area contributed by atoms with Crippen LogP contribution in [0.1, 0.15) is 106 Å². The molecule has 1 heterocycles. The lowest BCUT2D eigenvalue weighted by molar-refractivity contribution is 0.0159. The number of anilines is 1. The van der Waals surface area contributed by atoms with E-state index in [1.54, 1.807) is 26.0 Å². The standard InChI is InChI=1S/C14H17FN2.C13H27N.C7H7F.2C2H6/c1-10(2)14(15)9-16-12(4)17-13-7-5-11(3)6-8-13;1-5-7-12(8-6-2)9-14-10-13(3,4)11-14;1-6-2-4-7(8)5-3-6;2*1-2/h5-9,17H,4H2,1-3H3;12H,5-11H2,1-4H3;2-5H,1H3;2*1-2H3/b16-9-;;;;. The van der Waals surface area contributed by atoms with E-state index in [0.29, 0.717) is 16.8 Å². The number of nitrogens with one attached hydrogen (secondary N) is 1. The molecule has 2 aromatic carbocycles. The van der Waals surface area contributed by atoms with Crippen LogP contribution in [0.2, 0.25) is 0 Å². The van der Waals surface area contributed by atoms with E-state index in [4.69, 9.17) is 0 Å². The zero-order valence-electron chi connectivity index (χ0n) is 29.6. The first-order valence-corrected chi connectivity index (χ1v) is 16.2. The van der Waals surface area contributed by atoms with Crippen LogP contribution in [-0.4, -0.2) is 30.7 Å². The summed E-state index contributed by atoms with van der Waals surface area (Å²) < 4.78 is 25.2. The molecule has 0 aromatic heterocycles. The molecule has 0 amide bonds. The van der Waals surface area contributed by atoms with Crippen LogP contribution >= 0.6 is 0 Å². The Kier molecular flexibility index (Phi) is 24.3. The van der Waals surface area contributed by atoms with Gasteiger partial charge in [-0.1, -0.05) is 110 Å². The minimum atomic E-state index is -0.336. The van der Waals surface area contributed by atoms with Gasteiger partial charge in [0.1, 0.15) is 17.5 Å².